The number of morpholine rings is 1. The average Bonchev–Trinajstić information content (AvgIpc) is 2.79. The zero-order valence-corrected chi connectivity index (χ0v) is 11.7. The van der Waals surface area contributed by atoms with E-state index in [4.69, 9.17) is 16.3 Å². The zero-order valence-electron chi connectivity index (χ0n) is 11.0. The fourth-order valence-corrected chi connectivity index (χ4v) is 3.72. The predicted molar refractivity (Wildman–Crippen MR) is 73.8 cm³/mol. The van der Waals surface area contributed by atoms with E-state index in [9.17, 15) is 0 Å². The Hall–Kier alpha value is -0.0900. The molecule has 4 heteroatoms. The van der Waals surface area contributed by atoms with Gasteiger partial charge in [-0.15, -0.1) is 0 Å². The van der Waals surface area contributed by atoms with Gasteiger partial charge in [0.25, 0.3) is 0 Å². The molecule has 102 valence electrons. The highest BCUT2D eigenvalue weighted by Gasteiger charge is 2.34. The first-order valence-electron chi connectivity index (χ1n) is 7.18. The monoisotopic (exact) mass is 270 g/mol. The second-order valence-corrected chi connectivity index (χ2v) is 6.31. The molecular formula is C14H23ClN2O. The molecule has 2 aliphatic heterocycles. The van der Waals surface area contributed by atoms with Crippen LogP contribution in [-0.4, -0.2) is 62.3 Å². The number of hydrogen-bond donors (Lipinski definition) is 0. The molecule has 2 saturated heterocycles. The highest BCUT2D eigenvalue weighted by atomic mass is 35.5. The van der Waals surface area contributed by atoms with Gasteiger partial charge in [-0.05, 0) is 24.7 Å². The summed E-state index contributed by atoms with van der Waals surface area (Å²) in [6.45, 7) is 8.96. The molecule has 0 bridgehead atoms. The molecule has 0 spiro atoms. The van der Waals surface area contributed by atoms with E-state index in [-0.39, 0.29) is 0 Å². The minimum atomic E-state index is 0.812. The molecule has 0 N–H and O–H groups in total. The van der Waals surface area contributed by atoms with E-state index in [1.54, 1.807) is 0 Å². The maximum absolute atomic E-state index is 6.15. The molecule has 3 rings (SSSR count). The summed E-state index contributed by atoms with van der Waals surface area (Å²) in [4.78, 5) is 5.16. The number of halogens is 1. The topological polar surface area (TPSA) is 15.7 Å². The van der Waals surface area contributed by atoms with E-state index < -0.39 is 0 Å². The van der Waals surface area contributed by atoms with Gasteiger partial charge in [0.05, 0.1) is 13.2 Å². The summed E-state index contributed by atoms with van der Waals surface area (Å²) < 4.78 is 5.38. The number of ether oxygens (including phenoxy) is 1. The van der Waals surface area contributed by atoms with Crippen molar-refractivity contribution in [1.29, 1.82) is 0 Å². The number of likely N-dealkylation sites (tertiary alicyclic amines) is 1. The Labute approximate surface area is 115 Å². The first-order valence-corrected chi connectivity index (χ1v) is 7.56. The van der Waals surface area contributed by atoms with Crippen LogP contribution in [0.15, 0.2) is 11.1 Å². The van der Waals surface area contributed by atoms with E-state index in [1.165, 1.54) is 32.6 Å². The molecule has 0 aromatic heterocycles. The smallest absolute Gasteiger partial charge is 0.0594 e. The summed E-state index contributed by atoms with van der Waals surface area (Å²) in [5.41, 5.74) is 0. The van der Waals surface area contributed by atoms with Crippen LogP contribution in [0.3, 0.4) is 0 Å². The Morgan fingerprint density at radius 2 is 1.83 bits per heavy atom. The van der Waals surface area contributed by atoms with Crippen molar-refractivity contribution < 1.29 is 4.74 Å². The maximum atomic E-state index is 6.15. The van der Waals surface area contributed by atoms with Gasteiger partial charge < -0.3 is 9.64 Å². The van der Waals surface area contributed by atoms with Crippen LogP contribution in [0.5, 0.6) is 0 Å². The standard InChI is InChI=1S/C14H23ClN2O/c15-14-2-1-12-10-17(11-13(12)9-14)4-3-16-5-7-18-8-6-16/h2,12-13H,1,3-11H2/t12-,13+/m0/s1. The fourth-order valence-electron chi connectivity index (χ4n) is 3.44. The van der Waals surface area contributed by atoms with Crippen LogP contribution in [-0.2, 0) is 4.74 Å². The predicted octanol–water partition coefficient (Wildman–Crippen LogP) is 1.78. The maximum Gasteiger partial charge on any atom is 0.0594 e. The molecule has 1 aliphatic carbocycles. The molecule has 0 radical (unpaired) electrons. The van der Waals surface area contributed by atoms with Crippen LogP contribution in [0, 0.1) is 11.8 Å². The lowest BCUT2D eigenvalue weighted by atomic mass is 9.86. The van der Waals surface area contributed by atoms with Gasteiger partial charge >= 0.3 is 0 Å². The molecule has 0 unspecified atom stereocenters. The summed E-state index contributed by atoms with van der Waals surface area (Å²) in [7, 11) is 0. The summed E-state index contributed by atoms with van der Waals surface area (Å²) in [5, 5.41) is 1.09. The van der Waals surface area contributed by atoms with Crippen LogP contribution in [0.2, 0.25) is 0 Å². The van der Waals surface area contributed by atoms with Gasteiger partial charge in [0.1, 0.15) is 0 Å². The summed E-state index contributed by atoms with van der Waals surface area (Å²) in [6, 6.07) is 0. The lowest BCUT2D eigenvalue weighted by Gasteiger charge is -2.28. The van der Waals surface area contributed by atoms with Crippen molar-refractivity contribution in [3.05, 3.63) is 11.1 Å². The minimum Gasteiger partial charge on any atom is -0.379 e. The molecule has 0 amide bonds. The Bertz CT molecular complexity index is 315. The first-order chi connectivity index (χ1) is 8.81. The van der Waals surface area contributed by atoms with Crippen molar-refractivity contribution in [2.45, 2.75) is 12.8 Å². The van der Waals surface area contributed by atoms with Crippen molar-refractivity contribution >= 4 is 11.6 Å². The Morgan fingerprint density at radius 3 is 2.67 bits per heavy atom. The molecule has 2 fully saturated rings. The highest BCUT2D eigenvalue weighted by molar-refractivity contribution is 6.29. The molecule has 3 nitrogen and oxygen atoms in total. The van der Waals surface area contributed by atoms with Gasteiger partial charge in [-0.25, -0.2) is 0 Å². The quantitative estimate of drug-likeness (QED) is 0.778. The van der Waals surface area contributed by atoms with Crippen molar-refractivity contribution in [3.8, 4) is 0 Å². The van der Waals surface area contributed by atoms with Crippen molar-refractivity contribution in [2.24, 2.45) is 11.8 Å². The van der Waals surface area contributed by atoms with Gasteiger partial charge in [-0.2, -0.15) is 0 Å². The highest BCUT2D eigenvalue weighted by Crippen LogP contribution is 2.36. The van der Waals surface area contributed by atoms with Crippen LogP contribution >= 0.6 is 11.6 Å². The summed E-state index contributed by atoms with van der Waals surface area (Å²) in [5.74, 6) is 1.67. The number of hydrogen-bond acceptors (Lipinski definition) is 3. The van der Waals surface area contributed by atoms with E-state index in [0.717, 1.165) is 49.6 Å². The number of allylic oxidation sites excluding steroid dienone is 2. The second-order valence-electron chi connectivity index (χ2n) is 5.82. The van der Waals surface area contributed by atoms with Gasteiger partial charge in [0.15, 0.2) is 0 Å². The molecule has 18 heavy (non-hydrogen) atoms. The Kier molecular flexibility index (Phi) is 4.24. The van der Waals surface area contributed by atoms with Crippen molar-refractivity contribution in [2.75, 3.05) is 52.5 Å². The molecule has 0 saturated carbocycles. The van der Waals surface area contributed by atoms with E-state index in [2.05, 4.69) is 15.9 Å². The number of rotatable bonds is 3. The van der Waals surface area contributed by atoms with Crippen LogP contribution in [0.1, 0.15) is 12.8 Å². The third-order valence-corrected chi connectivity index (χ3v) is 4.90. The van der Waals surface area contributed by atoms with Crippen molar-refractivity contribution in [3.63, 3.8) is 0 Å². The molecule has 2 atom stereocenters. The van der Waals surface area contributed by atoms with Crippen LogP contribution in [0.4, 0.5) is 0 Å². The van der Waals surface area contributed by atoms with Crippen LogP contribution in [0.25, 0.3) is 0 Å². The molecular weight excluding hydrogens is 248 g/mol. The second kappa shape index (κ2) is 5.91. The summed E-state index contributed by atoms with van der Waals surface area (Å²) in [6.07, 6.45) is 4.53. The van der Waals surface area contributed by atoms with Crippen molar-refractivity contribution in [1.82, 2.24) is 9.80 Å². The molecule has 2 heterocycles. The van der Waals surface area contributed by atoms with Gasteiger partial charge in [0.2, 0.25) is 0 Å². The number of fused-ring (bicyclic) bond motifs is 1. The minimum absolute atomic E-state index is 0.812. The normalized spacial score (nSPS) is 34.4. The lowest BCUT2D eigenvalue weighted by Crippen LogP contribution is -2.41. The molecule has 0 aromatic carbocycles. The molecule has 0 aromatic rings. The average molecular weight is 271 g/mol. The third kappa shape index (κ3) is 3.08. The van der Waals surface area contributed by atoms with E-state index >= 15 is 0 Å². The van der Waals surface area contributed by atoms with Gasteiger partial charge in [-0.3, -0.25) is 4.90 Å². The van der Waals surface area contributed by atoms with E-state index in [0.29, 0.717) is 0 Å². The number of nitrogens with zero attached hydrogens (tertiary/aromatic N) is 2. The third-order valence-electron chi connectivity index (χ3n) is 4.59. The Balaban J connectivity index is 1.43. The zero-order chi connectivity index (χ0) is 12.4. The van der Waals surface area contributed by atoms with Crippen LogP contribution < -0.4 is 0 Å². The SMILES string of the molecule is ClC1=CC[C@H]2CN(CCN3CCOCC3)C[C@H]2C1. The first kappa shape index (κ1) is 12.9. The summed E-state index contributed by atoms with van der Waals surface area (Å²) >= 11 is 6.15. The van der Waals surface area contributed by atoms with Gasteiger partial charge in [-0.1, -0.05) is 17.7 Å². The lowest BCUT2D eigenvalue weighted by molar-refractivity contribution is 0.0342. The Morgan fingerprint density at radius 1 is 1.11 bits per heavy atom. The fraction of sp³-hybridized carbons (Fsp3) is 0.857. The largest absolute Gasteiger partial charge is 0.379 e. The van der Waals surface area contributed by atoms with E-state index in [1.807, 2.05) is 0 Å². The van der Waals surface area contributed by atoms with Gasteiger partial charge in [0, 0.05) is 44.3 Å². The molecule has 3 aliphatic rings.